The minimum Gasteiger partial charge on any atom is -0.373 e. The molecule has 34 heavy (non-hydrogen) atoms. The number of pyridine rings is 3. The van der Waals surface area contributed by atoms with E-state index in [0.29, 0.717) is 41.1 Å². The van der Waals surface area contributed by atoms with Crippen molar-refractivity contribution in [3.63, 3.8) is 0 Å². The minimum atomic E-state index is -4.50. The first kappa shape index (κ1) is 22.3. The molecule has 1 aliphatic heterocycles. The van der Waals surface area contributed by atoms with E-state index in [0.717, 1.165) is 29.4 Å². The van der Waals surface area contributed by atoms with Gasteiger partial charge in [-0.15, -0.1) is 0 Å². The van der Waals surface area contributed by atoms with Gasteiger partial charge < -0.3 is 4.74 Å². The third kappa shape index (κ3) is 4.48. The lowest BCUT2D eigenvalue weighted by Gasteiger charge is -2.29. The van der Waals surface area contributed by atoms with Crippen LogP contribution in [0.3, 0.4) is 0 Å². The van der Waals surface area contributed by atoms with Crippen LogP contribution < -0.4 is 0 Å². The molecule has 0 unspecified atom stereocenters. The zero-order valence-electron chi connectivity index (χ0n) is 18.7. The van der Waals surface area contributed by atoms with Gasteiger partial charge in [0.1, 0.15) is 11.5 Å². The molecule has 1 saturated heterocycles. The molecule has 0 aliphatic carbocycles. The summed E-state index contributed by atoms with van der Waals surface area (Å²) in [5.41, 5.74) is 3.36. The Bertz CT molecular complexity index is 1340. The quantitative estimate of drug-likeness (QED) is 0.383. The van der Waals surface area contributed by atoms with E-state index >= 15 is 0 Å². The van der Waals surface area contributed by atoms with Crippen LogP contribution in [-0.4, -0.2) is 31.5 Å². The highest BCUT2D eigenvalue weighted by molar-refractivity contribution is 5.90. The third-order valence-corrected chi connectivity index (χ3v) is 5.99. The number of aromatic nitrogens is 5. The number of fused-ring (bicyclic) bond motifs is 1. The maximum absolute atomic E-state index is 13.0. The molecule has 4 aromatic rings. The van der Waals surface area contributed by atoms with Gasteiger partial charge in [-0.2, -0.15) is 13.2 Å². The van der Waals surface area contributed by atoms with Crippen LogP contribution in [0.5, 0.6) is 0 Å². The van der Waals surface area contributed by atoms with Gasteiger partial charge in [0.25, 0.3) is 0 Å². The van der Waals surface area contributed by atoms with E-state index in [1.165, 1.54) is 12.3 Å². The summed E-state index contributed by atoms with van der Waals surface area (Å²) >= 11 is 0. The monoisotopic (exact) mass is 465 g/mol. The Hall–Kier alpha value is -3.46. The summed E-state index contributed by atoms with van der Waals surface area (Å²) in [5, 5.41) is 0.671. The van der Waals surface area contributed by atoms with Gasteiger partial charge in [-0.3, -0.25) is 9.97 Å². The van der Waals surface area contributed by atoms with Crippen molar-refractivity contribution in [1.82, 2.24) is 24.9 Å². The molecule has 6 nitrogen and oxygen atoms in total. The van der Waals surface area contributed by atoms with Gasteiger partial charge in [0.15, 0.2) is 5.65 Å². The van der Waals surface area contributed by atoms with E-state index < -0.39 is 11.9 Å². The first-order chi connectivity index (χ1) is 16.3. The first-order valence-electron chi connectivity index (χ1n) is 11.0. The number of aryl methyl sites for hydroxylation is 2. The second-order valence-corrected chi connectivity index (χ2v) is 8.50. The van der Waals surface area contributed by atoms with E-state index in [1.807, 2.05) is 38.1 Å². The van der Waals surface area contributed by atoms with Crippen molar-refractivity contribution >= 4 is 11.0 Å². The number of hydrogen-bond donors (Lipinski definition) is 0. The largest absolute Gasteiger partial charge is 0.433 e. The molecule has 9 heteroatoms. The van der Waals surface area contributed by atoms with E-state index in [4.69, 9.17) is 14.7 Å². The fourth-order valence-electron chi connectivity index (χ4n) is 4.26. The molecule has 0 N–H and O–H groups in total. The molecule has 0 saturated carbocycles. The summed E-state index contributed by atoms with van der Waals surface area (Å²) in [6, 6.07) is 10.0. The summed E-state index contributed by atoms with van der Waals surface area (Å²) in [6.07, 6.45) is -0.207. The van der Waals surface area contributed by atoms with Crippen molar-refractivity contribution in [3.8, 4) is 11.3 Å². The summed E-state index contributed by atoms with van der Waals surface area (Å²) < 4.78 is 45.1. The lowest BCUT2D eigenvalue weighted by atomic mass is 9.91. The Morgan fingerprint density at radius 1 is 0.941 bits per heavy atom. The zero-order valence-corrected chi connectivity index (χ0v) is 18.7. The van der Waals surface area contributed by atoms with Crippen LogP contribution in [-0.2, 0) is 10.9 Å². The SMILES string of the molecule is Cc1cc([C@H]2C[C@H](c3nc(-c4ccc(C(F)(F)F)nc4)c4ccc(C)nc4n3)CCO2)ccn1. The van der Waals surface area contributed by atoms with Crippen molar-refractivity contribution in [2.24, 2.45) is 0 Å². The van der Waals surface area contributed by atoms with Gasteiger partial charge in [-0.05, 0) is 68.7 Å². The lowest BCUT2D eigenvalue weighted by Crippen LogP contribution is -2.21. The predicted molar refractivity (Wildman–Crippen MR) is 120 cm³/mol. The van der Waals surface area contributed by atoms with E-state index in [1.54, 1.807) is 6.20 Å². The molecule has 4 aromatic heterocycles. The maximum Gasteiger partial charge on any atom is 0.433 e. The molecule has 2 atom stereocenters. The van der Waals surface area contributed by atoms with Crippen LogP contribution in [0, 0.1) is 13.8 Å². The van der Waals surface area contributed by atoms with Gasteiger partial charge in [0, 0.05) is 47.3 Å². The fourth-order valence-corrected chi connectivity index (χ4v) is 4.26. The average Bonchev–Trinajstić information content (AvgIpc) is 2.83. The van der Waals surface area contributed by atoms with E-state index in [2.05, 4.69) is 15.0 Å². The molecule has 1 aliphatic rings. The zero-order chi connectivity index (χ0) is 23.9. The normalized spacial score (nSPS) is 18.9. The molecular weight excluding hydrogens is 443 g/mol. The Kier molecular flexibility index (Phi) is 5.73. The molecule has 0 aromatic carbocycles. The topological polar surface area (TPSA) is 73.7 Å². The molecule has 0 radical (unpaired) electrons. The Balaban J connectivity index is 1.55. The summed E-state index contributed by atoms with van der Waals surface area (Å²) in [4.78, 5) is 22.0. The summed E-state index contributed by atoms with van der Waals surface area (Å²) in [5.74, 6) is 0.625. The van der Waals surface area contributed by atoms with Gasteiger partial charge in [-0.1, -0.05) is 0 Å². The van der Waals surface area contributed by atoms with Gasteiger partial charge in [-0.25, -0.2) is 15.0 Å². The molecular formula is C25H22F3N5O. The molecule has 5 rings (SSSR count). The number of rotatable bonds is 3. The van der Waals surface area contributed by atoms with Crippen LogP contribution in [0.2, 0.25) is 0 Å². The first-order valence-corrected chi connectivity index (χ1v) is 11.0. The highest BCUT2D eigenvalue weighted by atomic mass is 19.4. The summed E-state index contributed by atoms with van der Waals surface area (Å²) in [7, 11) is 0. The average molecular weight is 465 g/mol. The number of halogens is 3. The van der Waals surface area contributed by atoms with Crippen molar-refractivity contribution in [2.45, 2.75) is 44.9 Å². The Labute approximate surface area is 194 Å². The molecule has 174 valence electrons. The van der Waals surface area contributed by atoms with Crippen LogP contribution in [0.4, 0.5) is 13.2 Å². The highest BCUT2D eigenvalue weighted by Gasteiger charge is 2.32. The summed E-state index contributed by atoms with van der Waals surface area (Å²) in [6.45, 7) is 4.36. The van der Waals surface area contributed by atoms with Gasteiger partial charge in [0.05, 0.1) is 11.8 Å². The molecule has 5 heterocycles. The molecule has 0 spiro atoms. The molecule has 0 bridgehead atoms. The van der Waals surface area contributed by atoms with Crippen LogP contribution in [0.15, 0.2) is 48.8 Å². The van der Waals surface area contributed by atoms with Crippen molar-refractivity contribution in [2.75, 3.05) is 6.61 Å². The second kappa shape index (κ2) is 8.72. The highest BCUT2D eigenvalue weighted by Crippen LogP contribution is 2.38. The fraction of sp³-hybridized carbons (Fsp3) is 0.320. The van der Waals surface area contributed by atoms with Crippen molar-refractivity contribution in [1.29, 1.82) is 0 Å². The number of hydrogen-bond acceptors (Lipinski definition) is 6. The van der Waals surface area contributed by atoms with Gasteiger partial charge in [0.2, 0.25) is 0 Å². The maximum atomic E-state index is 13.0. The number of nitrogens with zero attached hydrogens (tertiary/aromatic N) is 5. The molecule has 1 fully saturated rings. The third-order valence-electron chi connectivity index (χ3n) is 5.99. The lowest BCUT2D eigenvalue weighted by molar-refractivity contribution is -0.141. The minimum absolute atomic E-state index is 0.0140. The van der Waals surface area contributed by atoms with Crippen LogP contribution in [0.25, 0.3) is 22.3 Å². The number of alkyl halides is 3. The Morgan fingerprint density at radius 2 is 1.79 bits per heavy atom. The van der Waals surface area contributed by atoms with E-state index in [-0.39, 0.29) is 12.0 Å². The van der Waals surface area contributed by atoms with E-state index in [9.17, 15) is 13.2 Å². The molecule has 0 amide bonds. The van der Waals surface area contributed by atoms with Crippen LogP contribution >= 0.6 is 0 Å². The smallest absolute Gasteiger partial charge is 0.373 e. The van der Waals surface area contributed by atoms with Crippen molar-refractivity contribution < 1.29 is 17.9 Å². The standard InChI is InChI=1S/C25H22F3N5O/c1-14-3-5-19-22(18-4-6-21(30-13-18)25(26,27)28)32-23(33-24(19)31-14)17-8-10-34-20(12-17)16-7-9-29-15(2)11-16/h3-7,9,11,13,17,20H,8,10,12H2,1-2H3/t17-,20-/m1/s1. The van der Waals surface area contributed by atoms with Gasteiger partial charge >= 0.3 is 6.18 Å². The predicted octanol–water partition coefficient (Wildman–Crippen LogP) is 5.75. The van der Waals surface area contributed by atoms with Crippen LogP contribution in [0.1, 0.15) is 53.3 Å². The second-order valence-electron chi connectivity index (χ2n) is 8.50. The Morgan fingerprint density at radius 3 is 2.53 bits per heavy atom. The van der Waals surface area contributed by atoms with Crippen molar-refractivity contribution in [3.05, 3.63) is 77.3 Å². The number of ether oxygens (including phenoxy) is 1.